The molecule has 8 nitrogen and oxygen atoms in total. The maximum absolute atomic E-state index is 14.0. The Bertz CT molecular complexity index is 1170. The number of carbonyl (C=O) groups is 3. The van der Waals surface area contributed by atoms with Crippen molar-refractivity contribution < 1.29 is 19.6 Å². The zero-order chi connectivity index (χ0) is 28.4. The lowest BCUT2D eigenvalue weighted by atomic mass is 9.83. The van der Waals surface area contributed by atoms with Crippen LogP contribution in [0.3, 0.4) is 0 Å². The van der Waals surface area contributed by atoms with E-state index in [-0.39, 0.29) is 17.7 Å². The van der Waals surface area contributed by atoms with Crippen molar-refractivity contribution in [1.29, 1.82) is 0 Å². The molecular weight excluding hydrogens is 553 g/mol. The van der Waals surface area contributed by atoms with Crippen molar-refractivity contribution in [2.75, 3.05) is 11.1 Å². The first-order chi connectivity index (χ1) is 18.6. The minimum Gasteiger partial charge on any atom is -0.343 e. The molecule has 3 N–H and O–H groups in total. The second-order valence-electron chi connectivity index (χ2n) is 10.6. The number of thiophene rings is 1. The van der Waals surface area contributed by atoms with Gasteiger partial charge in [-0.1, -0.05) is 64.1 Å². The SMILES string of the molecule is CC(Cc1ccccc1)C[C@@H](C(=O)N[C@H](C(=O)Nc1nccs1)C(C)(C)C)[C@H](CSc1cccs1)N(O)C=O. The Morgan fingerprint density at radius 3 is 2.44 bits per heavy atom. The van der Waals surface area contributed by atoms with Crippen molar-refractivity contribution in [3.63, 3.8) is 0 Å². The van der Waals surface area contributed by atoms with Gasteiger partial charge < -0.3 is 10.6 Å². The molecule has 0 aliphatic rings. The second-order valence-corrected chi connectivity index (χ2v) is 13.7. The number of hydrogen-bond donors (Lipinski definition) is 3. The topological polar surface area (TPSA) is 112 Å². The molecule has 3 amide bonds. The molecule has 0 radical (unpaired) electrons. The summed E-state index contributed by atoms with van der Waals surface area (Å²) in [4.78, 5) is 43.1. The largest absolute Gasteiger partial charge is 0.343 e. The van der Waals surface area contributed by atoms with Gasteiger partial charge in [0.05, 0.1) is 16.2 Å². The minimum absolute atomic E-state index is 0.0645. The van der Waals surface area contributed by atoms with Crippen molar-refractivity contribution in [3.8, 4) is 0 Å². The van der Waals surface area contributed by atoms with Gasteiger partial charge in [0.1, 0.15) is 6.04 Å². The van der Waals surface area contributed by atoms with Crippen LogP contribution < -0.4 is 10.6 Å². The maximum Gasteiger partial charge on any atom is 0.249 e. The highest BCUT2D eigenvalue weighted by atomic mass is 32.2. The third kappa shape index (κ3) is 9.45. The summed E-state index contributed by atoms with van der Waals surface area (Å²) < 4.78 is 1.02. The smallest absolute Gasteiger partial charge is 0.249 e. The number of nitrogens with one attached hydrogen (secondary N) is 2. The van der Waals surface area contributed by atoms with Crippen LogP contribution in [0.2, 0.25) is 0 Å². The van der Waals surface area contributed by atoms with Crippen LogP contribution >= 0.6 is 34.4 Å². The number of rotatable bonds is 14. The van der Waals surface area contributed by atoms with E-state index >= 15 is 0 Å². The molecule has 4 atom stereocenters. The first-order valence-electron chi connectivity index (χ1n) is 12.7. The molecule has 0 bridgehead atoms. The molecule has 0 aliphatic heterocycles. The number of nitrogens with zero attached hydrogens (tertiary/aromatic N) is 2. The number of aromatic nitrogens is 1. The van der Waals surface area contributed by atoms with Crippen LogP contribution in [0.5, 0.6) is 0 Å². The average molecular weight is 589 g/mol. The Labute approximate surface area is 242 Å². The summed E-state index contributed by atoms with van der Waals surface area (Å²) in [5, 5.41) is 21.1. The molecule has 3 aromatic rings. The number of benzene rings is 1. The molecule has 0 aliphatic carbocycles. The molecule has 2 aromatic heterocycles. The molecule has 11 heteroatoms. The number of amides is 3. The van der Waals surface area contributed by atoms with Crippen LogP contribution in [0.1, 0.15) is 39.7 Å². The highest BCUT2D eigenvalue weighted by Gasteiger charge is 2.39. The normalized spacial score (nSPS) is 14.6. The van der Waals surface area contributed by atoms with Crippen LogP contribution in [-0.4, -0.2) is 51.3 Å². The summed E-state index contributed by atoms with van der Waals surface area (Å²) >= 11 is 4.33. The molecular formula is C28H36N4O4S3. The summed E-state index contributed by atoms with van der Waals surface area (Å²) in [5.41, 5.74) is 0.530. The fraction of sp³-hybridized carbons (Fsp3) is 0.429. The van der Waals surface area contributed by atoms with E-state index in [9.17, 15) is 19.6 Å². The highest BCUT2D eigenvalue weighted by molar-refractivity contribution is 8.01. The first kappa shape index (κ1) is 30.8. The van der Waals surface area contributed by atoms with Crippen LogP contribution in [0, 0.1) is 17.3 Å². The standard InChI is InChI=1S/C28H36N4O4S3/c1-19(15-20-9-6-5-7-10-20)16-21(22(32(36)18-33)17-39-23-11-8-13-37-23)25(34)30-24(28(2,3)4)26(35)31-27-29-12-14-38-27/h5-14,18-19,21-22,24,36H,15-17H2,1-4H3,(H,30,34)(H,29,31,35)/t19?,21-,22+,24-/m1/s1. The number of hydroxylamine groups is 2. The first-order valence-corrected chi connectivity index (χ1v) is 15.5. The van der Waals surface area contributed by atoms with E-state index < -0.39 is 23.4 Å². The van der Waals surface area contributed by atoms with Gasteiger partial charge in [0.2, 0.25) is 18.2 Å². The maximum atomic E-state index is 14.0. The van der Waals surface area contributed by atoms with Crippen molar-refractivity contribution in [3.05, 3.63) is 65.0 Å². The van der Waals surface area contributed by atoms with Gasteiger partial charge in [0.25, 0.3) is 0 Å². The predicted octanol–water partition coefficient (Wildman–Crippen LogP) is 5.57. The molecule has 1 aromatic carbocycles. The highest BCUT2D eigenvalue weighted by Crippen LogP contribution is 2.31. The van der Waals surface area contributed by atoms with Crippen LogP contribution in [0.25, 0.3) is 0 Å². The predicted molar refractivity (Wildman–Crippen MR) is 158 cm³/mol. The summed E-state index contributed by atoms with van der Waals surface area (Å²) in [6, 6.07) is 12.2. The van der Waals surface area contributed by atoms with E-state index in [1.807, 2.05) is 68.6 Å². The van der Waals surface area contributed by atoms with Gasteiger partial charge in [0.15, 0.2) is 5.13 Å². The van der Waals surface area contributed by atoms with E-state index in [1.165, 1.54) is 23.1 Å². The van der Waals surface area contributed by atoms with Gasteiger partial charge in [-0.3, -0.25) is 19.6 Å². The van der Waals surface area contributed by atoms with Crippen LogP contribution in [-0.2, 0) is 20.8 Å². The number of carbonyl (C=O) groups excluding carboxylic acids is 3. The third-order valence-corrected chi connectivity index (χ3v) is 9.22. The zero-order valence-electron chi connectivity index (χ0n) is 22.6. The molecule has 210 valence electrons. The quantitative estimate of drug-likeness (QED) is 0.0983. The van der Waals surface area contributed by atoms with Crippen LogP contribution in [0.15, 0.2) is 63.6 Å². The van der Waals surface area contributed by atoms with E-state index in [4.69, 9.17) is 0 Å². The Morgan fingerprint density at radius 2 is 1.85 bits per heavy atom. The number of hydrogen-bond acceptors (Lipinski definition) is 8. The van der Waals surface area contributed by atoms with Gasteiger partial charge in [-0.05, 0) is 41.2 Å². The van der Waals surface area contributed by atoms with Gasteiger partial charge in [-0.25, -0.2) is 10.0 Å². The number of thioether (sulfide) groups is 1. The zero-order valence-corrected chi connectivity index (χ0v) is 25.0. The van der Waals surface area contributed by atoms with E-state index in [0.717, 1.165) is 16.2 Å². The summed E-state index contributed by atoms with van der Waals surface area (Å²) in [6.07, 6.45) is 3.08. The lowest BCUT2D eigenvalue weighted by Crippen LogP contribution is -2.56. The fourth-order valence-electron chi connectivity index (χ4n) is 4.33. The Morgan fingerprint density at radius 1 is 1.10 bits per heavy atom. The molecule has 3 rings (SSSR count). The van der Waals surface area contributed by atoms with Gasteiger partial charge in [-0.15, -0.1) is 34.4 Å². The molecule has 2 heterocycles. The number of thiazole rings is 1. The fourth-order valence-corrected chi connectivity index (χ4v) is 6.85. The Balaban J connectivity index is 1.86. The molecule has 1 unspecified atom stereocenters. The monoisotopic (exact) mass is 588 g/mol. The number of anilines is 1. The van der Waals surface area contributed by atoms with Crippen molar-refractivity contribution >= 4 is 57.8 Å². The minimum atomic E-state index is -0.866. The van der Waals surface area contributed by atoms with Crippen LogP contribution in [0.4, 0.5) is 5.13 Å². The van der Waals surface area contributed by atoms with Crippen molar-refractivity contribution in [2.45, 2.75) is 56.8 Å². The summed E-state index contributed by atoms with van der Waals surface area (Å²) in [5.74, 6) is -1.14. The lowest BCUT2D eigenvalue weighted by Gasteiger charge is -2.35. The van der Waals surface area contributed by atoms with E-state index in [2.05, 4.69) is 22.5 Å². The summed E-state index contributed by atoms with van der Waals surface area (Å²) in [6.45, 7) is 7.68. The summed E-state index contributed by atoms with van der Waals surface area (Å²) in [7, 11) is 0. The van der Waals surface area contributed by atoms with Gasteiger partial charge in [0, 0.05) is 17.3 Å². The van der Waals surface area contributed by atoms with Crippen molar-refractivity contribution in [2.24, 2.45) is 17.3 Å². The van der Waals surface area contributed by atoms with E-state index in [0.29, 0.717) is 28.8 Å². The third-order valence-electron chi connectivity index (χ3n) is 6.30. The second kappa shape index (κ2) is 14.6. The van der Waals surface area contributed by atoms with Gasteiger partial charge >= 0.3 is 0 Å². The van der Waals surface area contributed by atoms with Crippen molar-refractivity contribution in [1.82, 2.24) is 15.4 Å². The van der Waals surface area contributed by atoms with E-state index in [1.54, 1.807) is 22.9 Å². The molecule has 0 fully saturated rings. The lowest BCUT2D eigenvalue weighted by molar-refractivity contribution is -0.166. The Hall–Kier alpha value is -2.73. The molecule has 39 heavy (non-hydrogen) atoms. The average Bonchev–Trinajstić information content (AvgIpc) is 3.60. The van der Waals surface area contributed by atoms with Gasteiger partial charge in [-0.2, -0.15) is 0 Å². The Kier molecular flexibility index (Phi) is 11.5. The molecule has 0 spiro atoms. The molecule has 0 saturated carbocycles. The molecule has 0 saturated heterocycles.